The molecule has 192 valence electrons. The molecule has 0 aliphatic heterocycles. The summed E-state index contributed by atoms with van der Waals surface area (Å²) in [5.41, 5.74) is -0.414. The molecule has 0 radical (unpaired) electrons. The van der Waals surface area contributed by atoms with Crippen LogP contribution in [0.5, 0.6) is 5.75 Å². The van der Waals surface area contributed by atoms with Crippen molar-refractivity contribution in [3.05, 3.63) is 29.8 Å². The van der Waals surface area contributed by atoms with E-state index in [1.54, 1.807) is 52.1 Å². The van der Waals surface area contributed by atoms with Crippen LogP contribution in [0.25, 0.3) is 0 Å². The lowest BCUT2D eigenvalue weighted by molar-refractivity contribution is -0.188. The highest BCUT2D eigenvalue weighted by Crippen LogP contribution is 2.57. The number of rotatable bonds is 8. The third kappa shape index (κ3) is 6.67. The molecule has 8 heteroatoms. The molecule has 0 saturated heterocycles. The lowest BCUT2D eigenvalue weighted by Crippen LogP contribution is -2.53. The number of nitrogens with one attached hydrogen (secondary N) is 1. The molecule has 0 heterocycles. The van der Waals surface area contributed by atoms with E-state index in [9.17, 15) is 14.4 Å². The van der Waals surface area contributed by atoms with Crippen LogP contribution in [0.4, 0.5) is 4.79 Å². The quantitative estimate of drug-likeness (QED) is 0.425. The summed E-state index contributed by atoms with van der Waals surface area (Å²) in [7, 11) is 1.57. The zero-order valence-electron chi connectivity index (χ0n) is 21.1. The second kappa shape index (κ2) is 10.1. The number of carbonyl (C=O) groups is 3. The van der Waals surface area contributed by atoms with E-state index in [-0.39, 0.29) is 13.0 Å². The first kappa shape index (κ1) is 25.3. The van der Waals surface area contributed by atoms with Crippen LogP contribution in [-0.2, 0) is 30.4 Å². The van der Waals surface area contributed by atoms with Crippen molar-refractivity contribution in [2.45, 2.75) is 89.6 Å². The van der Waals surface area contributed by atoms with Crippen LogP contribution in [0, 0.1) is 17.8 Å². The number of methoxy groups -OCH3 is 1. The van der Waals surface area contributed by atoms with Crippen LogP contribution in [0.15, 0.2) is 24.3 Å². The van der Waals surface area contributed by atoms with Gasteiger partial charge in [0, 0.05) is 0 Å². The number of hydrogen-bond acceptors (Lipinski definition) is 7. The standard InChI is InChI=1S/C27H37NO7/c1-26(2,3)35-25(31)28-22(24(30)33-16-17-5-7-21(32-4)8-6-17)12-23(29)34-27-13-18-9-19(14-27)11-20(10-18)15-27/h5-8,18-20,22H,9-16H2,1-4H3,(H,28,31)/t18?,19?,20?,22-,27?/m0/s1. The molecule has 1 aromatic rings. The lowest BCUT2D eigenvalue weighted by Gasteiger charge is -2.55. The van der Waals surface area contributed by atoms with Crippen LogP contribution in [0.2, 0.25) is 0 Å². The van der Waals surface area contributed by atoms with Crippen molar-refractivity contribution in [3.8, 4) is 5.75 Å². The van der Waals surface area contributed by atoms with E-state index in [0.29, 0.717) is 23.5 Å². The van der Waals surface area contributed by atoms with Crippen molar-refractivity contribution in [2.24, 2.45) is 17.8 Å². The summed E-state index contributed by atoms with van der Waals surface area (Å²) in [4.78, 5) is 38.3. The number of esters is 2. The van der Waals surface area contributed by atoms with Gasteiger partial charge in [0.25, 0.3) is 0 Å². The molecule has 4 aliphatic rings. The normalized spacial score (nSPS) is 27.6. The molecule has 0 aromatic heterocycles. The molecule has 4 saturated carbocycles. The molecule has 35 heavy (non-hydrogen) atoms. The van der Waals surface area contributed by atoms with Gasteiger partial charge in [-0.25, -0.2) is 9.59 Å². The first-order valence-electron chi connectivity index (χ1n) is 12.5. The van der Waals surface area contributed by atoms with Gasteiger partial charge in [-0.2, -0.15) is 0 Å². The van der Waals surface area contributed by atoms with Gasteiger partial charge >= 0.3 is 18.0 Å². The molecule has 4 bridgehead atoms. The Kier molecular flexibility index (Phi) is 7.29. The van der Waals surface area contributed by atoms with Gasteiger partial charge in [-0.15, -0.1) is 0 Å². The molecule has 1 N–H and O–H groups in total. The van der Waals surface area contributed by atoms with Crippen molar-refractivity contribution in [1.29, 1.82) is 0 Å². The fraction of sp³-hybridized carbons (Fsp3) is 0.667. The molecule has 4 aliphatic carbocycles. The highest BCUT2D eigenvalue weighted by molar-refractivity contribution is 5.86. The van der Waals surface area contributed by atoms with E-state index in [1.165, 1.54) is 19.3 Å². The first-order valence-corrected chi connectivity index (χ1v) is 12.5. The highest BCUT2D eigenvalue weighted by Gasteiger charge is 2.53. The Morgan fingerprint density at radius 2 is 1.57 bits per heavy atom. The van der Waals surface area contributed by atoms with Crippen molar-refractivity contribution in [3.63, 3.8) is 0 Å². The monoisotopic (exact) mass is 487 g/mol. The largest absolute Gasteiger partial charge is 0.497 e. The molecule has 0 spiro atoms. The second-order valence-electron chi connectivity index (χ2n) is 11.4. The van der Waals surface area contributed by atoms with Crippen molar-refractivity contribution in [2.75, 3.05) is 7.11 Å². The number of benzene rings is 1. The van der Waals surface area contributed by atoms with E-state index < -0.39 is 35.3 Å². The lowest BCUT2D eigenvalue weighted by atomic mass is 9.54. The summed E-state index contributed by atoms with van der Waals surface area (Å²) in [6, 6.07) is 5.89. The third-order valence-electron chi connectivity index (χ3n) is 7.20. The van der Waals surface area contributed by atoms with E-state index in [0.717, 1.165) is 24.8 Å². The van der Waals surface area contributed by atoms with Gasteiger partial charge in [0.15, 0.2) is 0 Å². The molecule has 8 nitrogen and oxygen atoms in total. The number of carbonyl (C=O) groups excluding carboxylic acids is 3. The Morgan fingerprint density at radius 3 is 2.09 bits per heavy atom. The smallest absolute Gasteiger partial charge is 0.408 e. The molecule has 5 rings (SSSR count). The summed E-state index contributed by atoms with van der Waals surface area (Å²) in [6.45, 7) is 5.18. The van der Waals surface area contributed by atoms with Gasteiger partial charge in [0.1, 0.15) is 29.6 Å². The summed E-state index contributed by atoms with van der Waals surface area (Å²) in [5.74, 6) is 1.36. The van der Waals surface area contributed by atoms with E-state index in [4.69, 9.17) is 18.9 Å². The number of alkyl carbamates (subject to hydrolysis) is 1. The average Bonchev–Trinajstić information content (AvgIpc) is 2.74. The Bertz CT molecular complexity index is 899. The molecule has 1 amide bonds. The third-order valence-corrected chi connectivity index (χ3v) is 7.20. The number of amides is 1. The van der Waals surface area contributed by atoms with Crippen LogP contribution in [0.1, 0.15) is 71.3 Å². The van der Waals surface area contributed by atoms with Gasteiger partial charge in [0.05, 0.1) is 13.5 Å². The van der Waals surface area contributed by atoms with Gasteiger partial charge in [-0.05, 0) is 94.7 Å². The maximum absolute atomic E-state index is 13.0. The van der Waals surface area contributed by atoms with Crippen LogP contribution in [-0.4, -0.2) is 42.4 Å². The minimum atomic E-state index is -1.20. The highest BCUT2D eigenvalue weighted by atomic mass is 16.6. The van der Waals surface area contributed by atoms with Gasteiger partial charge in [-0.1, -0.05) is 12.1 Å². The Balaban J connectivity index is 1.39. The fourth-order valence-corrected chi connectivity index (χ4v) is 6.23. The molecule has 1 atom stereocenters. The zero-order chi connectivity index (χ0) is 25.2. The summed E-state index contributed by atoms with van der Waals surface area (Å²) in [6.07, 6.45) is 5.31. The maximum Gasteiger partial charge on any atom is 0.408 e. The second-order valence-corrected chi connectivity index (χ2v) is 11.4. The number of hydrogen-bond donors (Lipinski definition) is 1. The van der Waals surface area contributed by atoms with Crippen molar-refractivity contribution >= 4 is 18.0 Å². The Hall–Kier alpha value is -2.77. The summed E-state index contributed by atoms with van der Waals surface area (Å²) < 4.78 is 21.9. The Morgan fingerprint density at radius 1 is 1.00 bits per heavy atom. The SMILES string of the molecule is COc1ccc(COC(=O)[C@H](CC(=O)OC23CC4CC(CC(C4)C2)C3)NC(=O)OC(C)(C)C)cc1. The minimum Gasteiger partial charge on any atom is -0.497 e. The van der Waals surface area contributed by atoms with E-state index >= 15 is 0 Å². The van der Waals surface area contributed by atoms with Crippen LogP contribution < -0.4 is 10.1 Å². The van der Waals surface area contributed by atoms with Gasteiger partial charge in [-0.3, -0.25) is 4.79 Å². The predicted octanol–water partition coefficient (Wildman–Crippen LogP) is 4.53. The van der Waals surface area contributed by atoms with Gasteiger partial charge in [0.2, 0.25) is 0 Å². The molecular formula is C27H37NO7. The van der Waals surface area contributed by atoms with Crippen molar-refractivity contribution in [1.82, 2.24) is 5.32 Å². The zero-order valence-corrected chi connectivity index (χ0v) is 21.1. The maximum atomic E-state index is 13.0. The molecule has 4 fully saturated rings. The molecule has 1 aromatic carbocycles. The molecular weight excluding hydrogens is 450 g/mol. The minimum absolute atomic E-state index is 0.000644. The van der Waals surface area contributed by atoms with Gasteiger partial charge < -0.3 is 24.3 Å². The predicted molar refractivity (Wildman–Crippen MR) is 128 cm³/mol. The molecule has 0 unspecified atom stereocenters. The summed E-state index contributed by atoms with van der Waals surface area (Å²) in [5, 5.41) is 2.51. The van der Waals surface area contributed by atoms with Crippen LogP contribution in [0.3, 0.4) is 0 Å². The van der Waals surface area contributed by atoms with Crippen molar-refractivity contribution < 1.29 is 33.3 Å². The first-order chi connectivity index (χ1) is 16.5. The van der Waals surface area contributed by atoms with E-state index in [2.05, 4.69) is 5.32 Å². The summed E-state index contributed by atoms with van der Waals surface area (Å²) >= 11 is 0. The average molecular weight is 488 g/mol. The Labute approximate surface area is 207 Å². The van der Waals surface area contributed by atoms with E-state index in [1.807, 2.05) is 0 Å². The van der Waals surface area contributed by atoms with Crippen LogP contribution >= 0.6 is 0 Å². The topological polar surface area (TPSA) is 100 Å². The number of ether oxygens (including phenoxy) is 4. The fourth-order valence-electron chi connectivity index (χ4n) is 6.23.